The van der Waals surface area contributed by atoms with Crippen molar-refractivity contribution in [1.29, 1.82) is 0 Å². The molecule has 8 heteroatoms. The van der Waals surface area contributed by atoms with E-state index in [1.807, 2.05) is 13.0 Å². The molecule has 0 N–H and O–H groups in total. The van der Waals surface area contributed by atoms with Crippen LogP contribution in [0.4, 0.5) is 0 Å². The number of rotatable bonds is 5. The van der Waals surface area contributed by atoms with E-state index in [4.69, 9.17) is 0 Å². The molecule has 0 radical (unpaired) electrons. The molecule has 2 aliphatic carbocycles. The average Bonchev–Trinajstić information content (AvgIpc) is 3.10. The third kappa shape index (κ3) is 4.44. The fraction of sp³-hybridized carbons (Fsp3) is 0.692. The summed E-state index contributed by atoms with van der Waals surface area (Å²) in [5.74, 6) is -0.539. The summed E-state index contributed by atoms with van der Waals surface area (Å²) in [7, 11) is -3.63. The zero-order chi connectivity index (χ0) is 23.9. The van der Waals surface area contributed by atoms with Gasteiger partial charge in [-0.2, -0.15) is 4.31 Å². The lowest BCUT2D eigenvalue weighted by molar-refractivity contribution is -0.140. The molecule has 1 aromatic carbocycles. The van der Waals surface area contributed by atoms with Crippen molar-refractivity contribution < 1.29 is 18.0 Å². The number of benzene rings is 1. The highest BCUT2D eigenvalue weighted by atomic mass is 32.2. The molecule has 2 amide bonds. The molecule has 2 aliphatic heterocycles. The number of fused-ring (bicyclic) bond motifs is 1. The van der Waals surface area contributed by atoms with E-state index in [-0.39, 0.29) is 30.2 Å². The topological polar surface area (TPSA) is 78.0 Å². The highest BCUT2D eigenvalue weighted by Crippen LogP contribution is 2.39. The fourth-order valence-corrected chi connectivity index (χ4v) is 8.18. The highest BCUT2D eigenvalue weighted by molar-refractivity contribution is 7.89. The Morgan fingerprint density at radius 3 is 2.03 bits per heavy atom. The van der Waals surface area contributed by atoms with Gasteiger partial charge in [-0.05, 0) is 49.8 Å². The number of nitrogens with zero attached hydrogens (tertiary/aromatic N) is 3. The van der Waals surface area contributed by atoms with Gasteiger partial charge in [0.1, 0.15) is 0 Å². The Labute approximate surface area is 203 Å². The van der Waals surface area contributed by atoms with Crippen LogP contribution in [-0.4, -0.2) is 66.6 Å². The van der Waals surface area contributed by atoms with Gasteiger partial charge in [-0.1, -0.05) is 44.2 Å². The number of carbonyl (C=O) groups is 2. The van der Waals surface area contributed by atoms with E-state index in [0.29, 0.717) is 35.2 Å². The van der Waals surface area contributed by atoms with Crippen LogP contribution in [0.2, 0.25) is 0 Å². The Morgan fingerprint density at radius 1 is 0.824 bits per heavy atom. The first-order valence-electron chi connectivity index (χ1n) is 13.1. The van der Waals surface area contributed by atoms with Crippen molar-refractivity contribution >= 4 is 21.8 Å². The SMILES string of the molecule is Cc1ccc(CN2C(=O)[C@H]3CCCC[C@@H]3C2=O)cc1S(=O)(=O)N1CCN(C2CCCCC2)CC1. The van der Waals surface area contributed by atoms with Gasteiger partial charge in [0.2, 0.25) is 21.8 Å². The number of likely N-dealkylation sites (tertiary alicyclic amines) is 1. The maximum Gasteiger partial charge on any atom is 0.243 e. The molecule has 0 unspecified atom stereocenters. The number of amides is 2. The third-order valence-corrected chi connectivity index (χ3v) is 10.5. The minimum Gasteiger partial charge on any atom is -0.298 e. The van der Waals surface area contributed by atoms with Crippen LogP contribution < -0.4 is 0 Å². The molecule has 4 fully saturated rings. The van der Waals surface area contributed by atoms with Gasteiger partial charge in [0.25, 0.3) is 0 Å². The van der Waals surface area contributed by atoms with Crippen molar-refractivity contribution in [3.05, 3.63) is 29.3 Å². The lowest BCUT2D eigenvalue weighted by atomic mass is 9.81. The van der Waals surface area contributed by atoms with Gasteiger partial charge in [0.15, 0.2) is 0 Å². The molecule has 2 saturated carbocycles. The van der Waals surface area contributed by atoms with Crippen LogP contribution >= 0.6 is 0 Å². The second-order valence-corrected chi connectivity index (χ2v) is 12.5. The second kappa shape index (κ2) is 9.70. The number of aryl methyl sites for hydroxylation is 1. The Morgan fingerprint density at radius 2 is 1.41 bits per heavy atom. The van der Waals surface area contributed by atoms with E-state index in [9.17, 15) is 18.0 Å². The van der Waals surface area contributed by atoms with E-state index in [1.165, 1.54) is 37.0 Å². The first kappa shape index (κ1) is 23.9. The molecule has 186 valence electrons. The van der Waals surface area contributed by atoms with Gasteiger partial charge in [-0.15, -0.1) is 0 Å². The zero-order valence-electron chi connectivity index (χ0n) is 20.2. The summed E-state index contributed by atoms with van der Waals surface area (Å²) in [6.45, 7) is 4.55. The van der Waals surface area contributed by atoms with Crippen LogP contribution in [0.15, 0.2) is 23.1 Å². The van der Waals surface area contributed by atoms with Crippen molar-refractivity contribution in [2.75, 3.05) is 26.2 Å². The Kier molecular flexibility index (Phi) is 6.84. The molecule has 5 rings (SSSR count). The average molecular weight is 488 g/mol. The number of imide groups is 1. The van der Waals surface area contributed by atoms with E-state index < -0.39 is 10.0 Å². The molecular formula is C26H37N3O4S. The lowest BCUT2D eigenvalue weighted by Gasteiger charge is -2.40. The zero-order valence-corrected chi connectivity index (χ0v) is 21.1. The number of piperazine rings is 1. The Balaban J connectivity index is 1.29. The molecule has 1 aromatic rings. The third-order valence-electron chi connectivity index (χ3n) is 8.51. The highest BCUT2D eigenvalue weighted by Gasteiger charge is 2.48. The van der Waals surface area contributed by atoms with E-state index in [1.54, 1.807) is 16.4 Å². The van der Waals surface area contributed by atoms with Crippen LogP contribution in [0.1, 0.15) is 68.9 Å². The van der Waals surface area contributed by atoms with Crippen LogP contribution in [0, 0.1) is 18.8 Å². The Hall–Kier alpha value is -1.77. The van der Waals surface area contributed by atoms with Gasteiger partial charge in [0, 0.05) is 32.2 Å². The largest absolute Gasteiger partial charge is 0.298 e. The molecule has 0 spiro atoms. The monoisotopic (exact) mass is 487 g/mol. The fourth-order valence-electron chi connectivity index (χ4n) is 6.48. The summed E-state index contributed by atoms with van der Waals surface area (Å²) in [5.41, 5.74) is 1.40. The van der Waals surface area contributed by atoms with Gasteiger partial charge >= 0.3 is 0 Å². The maximum atomic E-state index is 13.6. The van der Waals surface area contributed by atoms with Crippen molar-refractivity contribution in [2.24, 2.45) is 11.8 Å². The molecule has 7 nitrogen and oxygen atoms in total. The van der Waals surface area contributed by atoms with E-state index in [2.05, 4.69) is 4.90 Å². The smallest absolute Gasteiger partial charge is 0.243 e. The summed E-state index contributed by atoms with van der Waals surface area (Å²) in [4.78, 5) is 29.9. The molecule has 34 heavy (non-hydrogen) atoms. The molecule has 2 atom stereocenters. The van der Waals surface area contributed by atoms with Crippen molar-refractivity contribution in [1.82, 2.24) is 14.1 Å². The predicted molar refractivity (Wildman–Crippen MR) is 129 cm³/mol. The molecule has 0 bridgehead atoms. The normalized spacial score (nSPS) is 27.9. The summed E-state index contributed by atoms with van der Waals surface area (Å²) in [6, 6.07) is 5.93. The molecule has 0 aromatic heterocycles. The quantitative estimate of drug-likeness (QED) is 0.596. The summed E-state index contributed by atoms with van der Waals surface area (Å²) in [6.07, 6.45) is 9.88. The standard InChI is InChI=1S/C26H37N3O4S/c1-19-11-12-20(18-29-25(30)22-9-5-6-10-23(22)26(29)31)17-24(19)34(32,33)28-15-13-27(14-16-28)21-7-3-2-4-8-21/h11-12,17,21-23H,2-10,13-16,18H2,1H3/t22-,23-/m0/s1. The molecule has 2 saturated heterocycles. The summed E-state index contributed by atoms with van der Waals surface area (Å²) in [5, 5.41) is 0. The van der Waals surface area contributed by atoms with E-state index in [0.717, 1.165) is 38.8 Å². The molecular weight excluding hydrogens is 450 g/mol. The van der Waals surface area contributed by atoms with Crippen LogP contribution in [-0.2, 0) is 26.2 Å². The summed E-state index contributed by atoms with van der Waals surface area (Å²) >= 11 is 0. The van der Waals surface area contributed by atoms with Crippen LogP contribution in [0.3, 0.4) is 0 Å². The van der Waals surface area contributed by atoms with Gasteiger partial charge < -0.3 is 0 Å². The second-order valence-electron chi connectivity index (χ2n) is 10.6. The van der Waals surface area contributed by atoms with Crippen molar-refractivity contribution in [3.8, 4) is 0 Å². The van der Waals surface area contributed by atoms with Crippen LogP contribution in [0.25, 0.3) is 0 Å². The van der Waals surface area contributed by atoms with Gasteiger partial charge in [-0.25, -0.2) is 8.42 Å². The predicted octanol–water partition coefficient (Wildman–Crippen LogP) is 3.31. The molecule has 4 aliphatic rings. The van der Waals surface area contributed by atoms with Crippen LogP contribution in [0.5, 0.6) is 0 Å². The number of hydrogen-bond donors (Lipinski definition) is 0. The Bertz CT molecular complexity index is 1020. The maximum absolute atomic E-state index is 13.6. The number of carbonyl (C=O) groups excluding carboxylic acids is 2. The van der Waals surface area contributed by atoms with Crippen molar-refractivity contribution in [3.63, 3.8) is 0 Å². The first-order valence-corrected chi connectivity index (χ1v) is 14.5. The minimum atomic E-state index is -3.63. The summed E-state index contributed by atoms with van der Waals surface area (Å²) < 4.78 is 28.8. The van der Waals surface area contributed by atoms with Gasteiger partial charge in [-0.3, -0.25) is 19.4 Å². The molecule has 2 heterocycles. The number of hydrogen-bond acceptors (Lipinski definition) is 5. The number of sulfonamides is 1. The van der Waals surface area contributed by atoms with Gasteiger partial charge in [0.05, 0.1) is 23.3 Å². The first-order chi connectivity index (χ1) is 16.4. The lowest BCUT2D eigenvalue weighted by Crippen LogP contribution is -2.52. The minimum absolute atomic E-state index is 0.0847. The van der Waals surface area contributed by atoms with Crippen molar-refractivity contribution in [2.45, 2.75) is 82.2 Å². The van der Waals surface area contributed by atoms with E-state index >= 15 is 0 Å².